The molecule has 1 aromatic heterocycles. The Balaban J connectivity index is 1.52. The molecule has 0 saturated heterocycles. The van der Waals surface area contributed by atoms with E-state index in [-0.39, 0.29) is 39.3 Å². The van der Waals surface area contributed by atoms with E-state index >= 15 is 0 Å². The predicted molar refractivity (Wildman–Crippen MR) is 240 cm³/mol. The van der Waals surface area contributed by atoms with Crippen molar-refractivity contribution in [3.63, 3.8) is 0 Å². The van der Waals surface area contributed by atoms with Crippen molar-refractivity contribution in [3.8, 4) is 22.5 Å². The second-order valence-corrected chi connectivity index (χ2v) is 21.8. The third-order valence-corrected chi connectivity index (χ3v) is 15.1. The van der Waals surface area contributed by atoms with Crippen LogP contribution in [0.5, 0.6) is 0 Å². The Bertz CT molecular complexity index is 2650. The minimum atomic E-state index is -0.403. The zero-order valence-corrected chi connectivity index (χ0v) is 37.9. The van der Waals surface area contributed by atoms with Crippen LogP contribution < -0.4 is 4.57 Å². The van der Waals surface area contributed by atoms with Crippen molar-refractivity contribution in [2.24, 2.45) is 5.92 Å². The molecule has 4 aliphatic rings. The Morgan fingerprint density at radius 3 is 1.67 bits per heavy atom. The molecule has 9 rings (SSSR count). The number of allylic oxidation sites excluding steroid dienone is 1. The van der Waals surface area contributed by atoms with Crippen LogP contribution in [0.4, 0.5) is 0 Å². The van der Waals surface area contributed by atoms with Gasteiger partial charge in [0, 0.05) is 41.3 Å². The van der Waals surface area contributed by atoms with Gasteiger partial charge in [0.25, 0.3) is 11.5 Å². The zero-order chi connectivity index (χ0) is 41.3. The summed E-state index contributed by atoms with van der Waals surface area (Å²) in [6.07, 6.45) is 5.06. The average molecular weight is 759 g/mol. The summed E-state index contributed by atoms with van der Waals surface area (Å²) in [5, 5.41) is 5.47. The molecule has 2 aliphatic heterocycles. The van der Waals surface area contributed by atoms with E-state index in [0.717, 1.165) is 11.5 Å². The van der Waals surface area contributed by atoms with Gasteiger partial charge in [-0.05, 0) is 119 Å². The highest BCUT2D eigenvalue weighted by Crippen LogP contribution is 2.76. The molecule has 296 valence electrons. The number of nitrogens with zero attached hydrogens (tertiary/aromatic N) is 4. The van der Waals surface area contributed by atoms with Crippen LogP contribution in [0.2, 0.25) is 0 Å². The summed E-state index contributed by atoms with van der Waals surface area (Å²) in [4.78, 5) is 8.63. The predicted octanol–water partition coefficient (Wildman–Crippen LogP) is 12.0. The second-order valence-electron chi connectivity index (χ2n) is 21.8. The lowest BCUT2D eigenvalue weighted by Gasteiger charge is -2.39. The Kier molecular flexibility index (Phi) is 7.68. The number of aryl methyl sites for hydroxylation is 1. The quantitative estimate of drug-likeness (QED) is 0.171. The van der Waals surface area contributed by atoms with E-state index in [4.69, 9.17) is 4.98 Å². The summed E-state index contributed by atoms with van der Waals surface area (Å²) in [5.41, 5.74) is 12.1. The van der Waals surface area contributed by atoms with Gasteiger partial charge in [-0.15, -0.1) is 0 Å². The van der Waals surface area contributed by atoms with Crippen LogP contribution in [0.3, 0.4) is 0 Å². The first-order valence-corrected chi connectivity index (χ1v) is 21.7. The summed E-state index contributed by atoms with van der Waals surface area (Å²) in [6.45, 7) is 41.0. The molecule has 3 unspecified atom stereocenters. The van der Waals surface area contributed by atoms with Gasteiger partial charge in [-0.1, -0.05) is 118 Å². The van der Waals surface area contributed by atoms with Gasteiger partial charge in [-0.2, -0.15) is 0 Å². The number of hydrogen-bond donors (Lipinski definition) is 0. The van der Waals surface area contributed by atoms with Gasteiger partial charge in [0.2, 0.25) is 5.54 Å². The zero-order valence-electron chi connectivity index (χ0n) is 37.9. The van der Waals surface area contributed by atoms with Gasteiger partial charge in [0.15, 0.2) is 11.9 Å². The fourth-order valence-electron chi connectivity index (χ4n) is 12.6. The lowest BCUT2D eigenvalue weighted by atomic mass is 9.72. The number of benzene rings is 4. The topological polar surface area (TPSA) is 23.0 Å². The van der Waals surface area contributed by atoms with Gasteiger partial charge >= 0.3 is 0 Å². The van der Waals surface area contributed by atoms with Gasteiger partial charge in [0.05, 0.1) is 5.56 Å². The molecule has 0 N–H and O–H groups in total. The Morgan fingerprint density at radius 1 is 0.667 bits per heavy atom. The van der Waals surface area contributed by atoms with Gasteiger partial charge in [-0.25, -0.2) is 9.14 Å². The first kappa shape index (κ1) is 38.2. The summed E-state index contributed by atoms with van der Waals surface area (Å²) >= 11 is 0. The molecule has 3 heterocycles. The first-order valence-electron chi connectivity index (χ1n) is 21.7. The molecule has 4 aromatic carbocycles. The smallest absolute Gasteiger partial charge is 0.297 e. The Morgan fingerprint density at radius 2 is 1.18 bits per heavy atom. The van der Waals surface area contributed by atoms with Crippen LogP contribution in [-0.4, -0.2) is 38.4 Å². The van der Waals surface area contributed by atoms with Crippen LogP contribution >= 0.6 is 0 Å². The third-order valence-electron chi connectivity index (χ3n) is 15.1. The summed E-state index contributed by atoms with van der Waals surface area (Å²) in [7, 11) is 0. The van der Waals surface area contributed by atoms with Crippen LogP contribution in [0.1, 0.15) is 144 Å². The van der Waals surface area contributed by atoms with Crippen molar-refractivity contribution in [3.05, 3.63) is 106 Å². The van der Waals surface area contributed by atoms with E-state index in [1.54, 1.807) is 0 Å². The minimum Gasteiger partial charge on any atom is -0.311 e. The third kappa shape index (κ3) is 4.38. The summed E-state index contributed by atoms with van der Waals surface area (Å²) in [5.74, 6) is 1.50. The molecule has 4 heteroatoms. The number of fused-ring (bicyclic) bond motifs is 16. The molecule has 57 heavy (non-hydrogen) atoms. The standard InChI is InChI=1S/C53H66N4/c1-30(2)34-28-55(31(3)4)53(56(29-34)32(5)6)51(16)44-38-25-21-19-23-36(38)42(49(11,12)13)27-40(44)47-45-46(54-33(7)57(47)52(51,53)17)39-26-41(48(8,9)10)35-22-18-20-24-37(35)43(39)50(45,14)15/h18-32H,1-17H3/q+2. The van der Waals surface area contributed by atoms with Crippen LogP contribution in [0.15, 0.2) is 72.4 Å². The molecule has 1 saturated carbocycles. The van der Waals surface area contributed by atoms with Crippen molar-refractivity contribution in [1.29, 1.82) is 0 Å². The fourth-order valence-corrected chi connectivity index (χ4v) is 12.6. The van der Waals surface area contributed by atoms with E-state index in [1.807, 2.05) is 0 Å². The van der Waals surface area contributed by atoms with Crippen LogP contribution in [0.25, 0.3) is 44.1 Å². The highest BCUT2D eigenvalue weighted by molar-refractivity contribution is 6.03. The Hall–Kier alpha value is -4.31. The van der Waals surface area contributed by atoms with Gasteiger partial charge in [-0.3, -0.25) is 0 Å². The van der Waals surface area contributed by atoms with Gasteiger partial charge < -0.3 is 4.90 Å². The molecule has 5 aromatic rings. The van der Waals surface area contributed by atoms with E-state index in [9.17, 15) is 0 Å². The minimum absolute atomic E-state index is 0.0250. The first-order chi connectivity index (χ1) is 26.5. The molecule has 0 amide bonds. The van der Waals surface area contributed by atoms with Crippen molar-refractivity contribution >= 4 is 27.8 Å². The molecule has 4 nitrogen and oxygen atoms in total. The molecular weight excluding hydrogens is 693 g/mol. The monoisotopic (exact) mass is 759 g/mol. The largest absolute Gasteiger partial charge is 0.311 e. The molecule has 0 radical (unpaired) electrons. The van der Waals surface area contributed by atoms with Crippen molar-refractivity contribution in [2.75, 3.05) is 0 Å². The van der Waals surface area contributed by atoms with E-state index in [0.29, 0.717) is 5.92 Å². The molecule has 1 fully saturated rings. The highest BCUT2D eigenvalue weighted by Gasteiger charge is 3.00. The lowest BCUT2D eigenvalue weighted by Crippen LogP contribution is -2.64. The maximum Gasteiger partial charge on any atom is 0.297 e. The second kappa shape index (κ2) is 11.5. The van der Waals surface area contributed by atoms with Crippen LogP contribution in [-0.2, 0) is 27.2 Å². The highest BCUT2D eigenvalue weighted by atomic mass is 15.5. The number of aromatic nitrogens is 2. The molecule has 2 aliphatic carbocycles. The number of rotatable bonds is 3. The van der Waals surface area contributed by atoms with E-state index < -0.39 is 5.66 Å². The normalized spacial score (nSPS) is 24.5. The molecular formula is C53H66N4+2. The van der Waals surface area contributed by atoms with E-state index in [2.05, 4.69) is 205 Å². The average Bonchev–Trinajstić information content (AvgIpc) is 3.44. The fraction of sp³-hybridized carbons (Fsp3) is 0.491. The Labute approximate surface area is 342 Å². The number of hydrogen-bond acceptors (Lipinski definition) is 2. The molecule has 0 bridgehead atoms. The molecule has 3 atom stereocenters. The van der Waals surface area contributed by atoms with Crippen LogP contribution in [0, 0.1) is 12.8 Å². The van der Waals surface area contributed by atoms with Crippen molar-refractivity contribution < 1.29 is 9.14 Å². The summed E-state index contributed by atoms with van der Waals surface area (Å²) < 4.78 is 5.54. The lowest BCUT2D eigenvalue weighted by molar-refractivity contribution is -0.776. The maximum atomic E-state index is 5.86. The maximum absolute atomic E-state index is 5.86. The van der Waals surface area contributed by atoms with Crippen molar-refractivity contribution in [2.45, 2.75) is 163 Å². The van der Waals surface area contributed by atoms with Crippen molar-refractivity contribution in [1.82, 2.24) is 9.88 Å². The summed E-state index contributed by atoms with van der Waals surface area (Å²) in [6, 6.07) is 24.2. The van der Waals surface area contributed by atoms with Gasteiger partial charge in [0.1, 0.15) is 17.2 Å². The molecule has 1 spiro atoms. The van der Waals surface area contributed by atoms with E-state index in [1.165, 1.54) is 71.8 Å². The SMILES string of the molecule is Cc1nc2c(c3[n+]1C1(C)C(C)(c4c-3cc(C(C)(C)C)c3ccccc43)C13N(C(C)C)C=C(C(C)C)C=[N+]3C(C)C)C(C)(C)c1c-2cc(C(C)(C)C)c2ccccc12.